The van der Waals surface area contributed by atoms with Crippen LogP contribution in [0.5, 0.6) is 0 Å². The Morgan fingerprint density at radius 3 is 2.88 bits per heavy atom. The highest BCUT2D eigenvalue weighted by Crippen LogP contribution is 2.33. The summed E-state index contributed by atoms with van der Waals surface area (Å²) in [4.78, 5) is 17.2. The minimum absolute atomic E-state index is 0.203. The van der Waals surface area contributed by atoms with Crippen molar-refractivity contribution in [2.75, 3.05) is 19.1 Å². The van der Waals surface area contributed by atoms with Crippen molar-refractivity contribution in [3.8, 4) is 0 Å². The number of hydrazone groups is 1. The molecule has 0 saturated heterocycles. The van der Waals surface area contributed by atoms with Gasteiger partial charge in [0.2, 0.25) is 5.17 Å². The van der Waals surface area contributed by atoms with Crippen LogP contribution in [-0.4, -0.2) is 41.2 Å². The van der Waals surface area contributed by atoms with Crippen LogP contribution in [0.25, 0.3) is 11.0 Å². The molecule has 1 aliphatic heterocycles. The second-order valence-electron chi connectivity index (χ2n) is 4.86. The first-order chi connectivity index (χ1) is 11.6. The van der Waals surface area contributed by atoms with Gasteiger partial charge in [0, 0.05) is 12.1 Å². The fraction of sp³-hybridized carbons (Fsp3) is 0.231. The molecule has 2 heterocycles. The Labute approximate surface area is 144 Å². The molecule has 1 aliphatic rings. The van der Waals surface area contributed by atoms with E-state index in [1.165, 1.54) is 12.1 Å². The van der Waals surface area contributed by atoms with E-state index in [4.69, 9.17) is 13.0 Å². The molecular formula is C13H10ClF3N5OS+. The van der Waals surface area contributed by atoms with E-state index >= 15 is 0 Å². The maximum absolute atomic E-state index is 12.6. The molecule has 0 fully saturated rings. The quantitative estimate of drug-likeness (QED) is 0.707. The zero-order valence-electron chi connectivity index (χ0n) is 13.3. The number of aromatic amines is 1. The average Bonchev–Trinajstić information content (AvgIpc) is 2.51. The Morgan fingerprint density at radius 2 is 2.21 bits per heavy atom. The summed E-state index contributed by atoms with van der Waals surface area (Å²) in [6.07, 6.45) is -5.02. The predicted octanol–water partition coefficient (Wildman–Crippen LogP) is 2.54. The number of benzene rings is 1. The second-order valence-corrected chi connectivity index (χ2v) is 6.25. The Hall–Kier alpha value is -2.07. The maximum Gasteiger partial charge on any atom is 0.471 e. The van der Waals surface area contributed by atoms with Gasteiger partial charge in [-0.3, -0.25) is 9.69 Å². The van der Waals surface area contributed by atoms with E-state index in [1.54, 1.807) is 18.2 Å². The van der Waals surface area contributed by atoms with Crippen molar-refractivity contribution in [3.05, 3.63) is 23.2 Å². The lowest BCUT2D eigenvalue weighted by molar-refractivity contribution is -0.334. The molecule has 0 unspecified atom stereocenters. The van der Waals surface area contributed by atoms with Crippen molar-refractivity contribution >= 4 is 51.3 Å². The fourth-order valence-corrected chi connectivity index (χ4v) is 3.11. The number of amides is 1. The average molecular weight is 378 g/mol. The number of amidine groups is 1. The molecule has 0 radical (unpaired) electrons. The van der Waals surface area contributed by atoms with E-state index in [-0.39, 0.29) is 16.0 Å². The standard InChI is InChI=1S/C13H9ClF3N5OS/c1-21(11(23)13(15,16)17)12-20-22(2)9-10(24-12)19-8-5-6(14)3-4-7(8)18-9/h3-5H,1-2H3/p+1/i/hD. The number of carbonyl (C=O) groups excluding carboxylic acids is 1. The molecule has 1 aromatic carbocycles. The van der Waals surface area contributed by atoms with Crippen LogP contribution >= 0.6 is 23.4 Å². The number of aromatic nitrogens is 2. The van der Waals surface area contributed by atoms with E-state index in [0.717, 1.165) is 23.8 Å². The van der Waals surface area contributed by atoms with Gasteiger partial charge in [0.25, 0.3) is 0 Å². The molecule has 1 aromatic heterocycles. The largest absolute Gasteiger partial charge is 0.471 e. The summed E-state index contributed by atoms with van der Waals surface area (Å²) >= 11 is 6.69. The molecule has 2 aromatic rings. The molecule has 0 bridgehead atoms. The molecular weight excluding hydrogens is 367 g/mol. The van der Waals surface area contributed by atoms with Crippen molar-refractivity contribution in [2.45, 2.75) is 11.2 Å². The third-order valence-corrected chi connectivity index (χ3v) is 4.38. The van der Waals surface area contributed by atoms with Crippen LogP contribution in [0.1, 0.15) is 0 Å². The second kappa shape index (κ2) is 5.78. The SMILES string of the molecule is [2H][n+]1c2c(nc3cc(Cl)ccc31)SC(N(C)C(=O)C(F)(F)F)=NN2C. The molecule has 0 aliphatic carbocycles. The summed E-state index contributed by atoms with van der Waals surface area (Å²) in [6, 6.07) is 4.75. The molecule has 126 valence electrons. The Morgan fingerprint density at radius 1 is 1.50 bits per heavy atom. The summed E-state index contributed by atoms with van der Waals surface area (Å²) in [7, 11) is 2.44. The number of hydrogen-bond acceptors (Lipinski definition) is 5. The number of H-pyrrole nitrogens is 1. The molecule has 11 heteroatoms. The van der Waals surface area contributed by atoms with Gasteiger partial charge in [0.1, 0.15) is 12.6 Å². The van der Waals surface area contributed by atoms with E-state index in [2.05, 4.69) is 10.1 Å². The van der Waals surface area contributed by atoms with Crippen molar-refractivity contribution in [1.82, 2.24) is 9.88 Å². The number of nitrogens with zero attached hydrogens (tertiary/aromatic N) is 4. The number of anilines is 1. The number of carbonyl (C=O) groups is 1. The highest BCUT2D eigenvalue weighted by atomic mass is 35.5. The first kappa shape index (κ1) is 15.5. The number of hydrogen-bond donors (Lipinski definition) is 0. The first-order valence-electron chi connectivity index (χ1n) is 6.94. The molecule has 6 nitrogen and oxygen atoms in total. The third-order valence-electron chi connectivity index (χ3n) is 3.14. The van der Waals surface area contributed by atoms with Gasteiger partial charge in [0.05, 0.1) is 0 Å². The van der Waals surface area contributed by atoms with Gasteiger partial charge in [0.15, 0.2) is 10.5 Å². The van der Waals surface area contributed by atoms with Crippen LogP contribution in [0, 0.1) is 0 Å². The van der Waals surface area contributed by atoms with Crippen LogP contribution in [0.2, 0.25) is 6.43 Å². The zero-order valence-corrected chi connectivity index (χ0v) is 13.9. The molecule has 1 amide bonds. The molecule has 24 heavy (non-hydrogen) atoms. The number of rotatable bonds is 0. The Balaban J connectivity index is 2.07. The lowest BCUT2D eigenvalue weighted by Crippen LogP contribution is -2.43. The van der Waals surface area contributed by atoms with E-state index < -0.39 is 12.1 Å². The van der Waals surface area contributed by atoms with Crippen LogP contribution in [0.15, 0.2) is 28.3 Å². The van der Waals surface area contributed by atoms with Crippen molar-refractivity contribution in [3.63, 3.8) is 0 Å². The lowest BCUT2D eigenvalue weighted by atomic mass is 10.3. The minimum Gasteiger partial charge on any atom is -0.283 e. The molecule has 1 N–H and O–H groups in total. The highest BCUT2D eigenvalue weighted by Gasteiger charge is 2.44. The summed E-state index contributed by atoms with van der Waals surface area (Å²) in [5.74, 6) is -1.78. The number of nitrogens with one attached hydrogen (secondary N) is 1. The third kappa shape index (κ3) is 2.98. The van der Waals surface area contributed by atoms with Gasteiger partial charge in [-0.1, -0.05) is 16.7 Å². The van der Waals surface area contributed by atoms with Crippen molar-refractivity contribution < 1.29 is 24.4 Å². The van der Waals surface area contributed by atoms with Crippen LogP contribution in [0.4, 0.5) is 19.0 Å². The lowest BCUT2D eigenvalue weighted by Gasteiger charge is -2.22. The summed E-state index contributed by atoms with van der Waals surface area (Å²) in [5, 5.41) is 5.60. The number of thioether (sulfide) groups is 1. The first-order valence-corrected chi connectivity index (χ1v) is 7.68. The normalized spacial score (nSPS) is 15.0. The topological polar surface area (TPSA) is 62.9 Å². The monoisotopic (exact) mass is 377 g/mol. The fourth-order valence-electron chi connectivity index (χ4n) is 1.98. The summed E-state index contributed by atoms with van der Waals surface area (Å²) in [5.41, 5.74) is 0.849. The number of fused-ring (bicyclic) bond motifs is 2. The Kier molecular flexibility index (Phi) is 3.72. The van der Waals surface area contributed by atoms with Crippen molar-refractivity contribution in [1.29, 1.82) is 0 Å². The van der Waals surface area contributed by atoms with Crippen LogP contribution in [-0.2, 0) is 4.79 Å². The molecule has 0 saturated carbocycles. The van der Waals surface area contributed by atoms with E-state index in [1.807, 2.05) is 0 Å². The summed E-state index contributed by atoms with van der Waals surface area (Å²) in [6.45, 7) is 0. The van der Waals surface area contributed by atoms with Gasteiger partial charge in [-0.25, -0.2) is 9.96 Å². The maximum atomic E-state index is 12.6. The van der Waals surface area contributed by atoms with Gasteiger partial charge < -0.3 is 0 Å². The number of alkyl halides is 3. The smallest absolute Gasteiger partial charge is 0.283 e. The van der Waals surface area contributed by atoms with Gasteiger partial charge in [-0.2, -0.15) is 13.2 Å². The number of halogens is 4. The highest BCUT2D eigenvalue weighted by molar-refractivity contribution is 8.14. The molecule has 3 rings (SSSR count). The van der Waals surface area contributed by atoms with Gasteiger partial charge in [-0.15, -0.1) is 5.01 Å². The van der Waals surface area contributed by atoms with E-state index in [0.29, 0.717) is 21.0 Å². The van der Waals surface area contributed by atoms with Gasteiger partial charge in [-0.05, 0) is 30.0 Å². The minimum atomic E-state index is -5.02. The van der Waals surface area contributed by atoms with Crippen molar-refractivity contribution in [2.24, 2.45) is 5.10 Å². The van der Waals surface area contributed by atoms with Gasteiger partial charge >= 0.3 is 19.3 Å². The molecule has 0 spiro atoms. The van der Waals surface area contributed by atoms with E-state index in [9.17, 15) is 18.0 Å². The predicted molar refractivity (Wildman–Crippen MR) is 83.8 cm³/mol. The summed E-state index contributed by atoms with van der Waals surface area (Å²) < 4.78 is 46.1. The Bertz CT molecular complexity index is 923. The van der Waals surface area contributed by atoms with Crippen LogP contribution < -0.4 is 9.99 Å². The molecule has 0 atom stereocenters. The van der Waals surface area contributed by atoms with Crippen LogP contribution in [0.3, 0.4) is 0 Å². The zero-order chi connectivity index (χ0) is 18.5.